The molecule has 1 aromatic heterocycles. The second-order valence-corrected chi connectivity index (χ2v) is 4.13. The second kappa shape index (κ2) is 3.53. The fourth-order valence-electron chi connectivity index (χ4n) is 1.38. The van der Waals surface area contributed by atoms with Crippen molar-refractivity contribution in [3.05, 3.63) is 24.0 Å². The predicted octanol–water partition coefficient (Wildman–Crippen LogP) is 1.65. The molecule has 15 heavy (non-hydrogen) atoms. The molecule has 80 valence electrons. The largest absolute Gasteiger partial charge is 0.495 e. The average Bonchev–Trinajstić information content (AvgIpc) is 2.59. The van der Waals surface area contributed by atoms with Crippen LogP contribution in [0.2, 0.25) is 0 Å². The molecule has 1 aliphatic heterocycles. The minimum atomic E-state index is -0.140. The lowest BCUT2D eigenvalue weighted by Crippen LogP contribution is -2.17. The van der Waals surface area contributed by atoms with Crippen LogP contribution in [0, 0.1) is 0 Å². The number of aliphatic imine (C=N–C) groups is 1. The smallest absolute Gasteiger partial charge is 0.218 e. The molecule has 0 fully saturated rings. The summed E-state index contributed by atoms with van der Waals surface area (Å²) >= 11 is 0. The highest BCUT2D eigenvalue weighted by atomic mass is 16.5. The van der Waals surface area contributed by atoms with E-state index in [4.69, 9.17) is 9.47 Å². The molecule has 0 unspecified atom stereocenters. The van der Waals surface area contributed by atoms with Crippen LogP contribution in [0.15, 0.2) is 23.5 Å². The van der Waals surface area contributed by atoms with Crippen molar-refractivity contribution in [1.82, 2.24) is 4.98 Å². The second-order valence-electron chi connectivity index (χ2n) is 4.13. The van der Waals surface area contributed by atoms with Gasteiger partial charge in [0.15, 0.2) is 0 Å². The van der Waals surface area contributed by atoms with Crippen LogP contribution in [0.3, 0.4) is 0 Å². The summed E-state index contributed by atoms with van der Waals surface area (Å²) in [4.78, 5) is 8.53. The highest BCUT2D eigenvalue weighted by molar-refractivity contribution is 5.95. The molecule has 0 aromatic carbocycles. The molecule has 0 bridgehead atoms. The quantitative estimate of drug-likeness (QED) is 0.739. The van der Waals surface area contributed by atoms with E-state index in [2.05, 4.69) is 9.98 Å². The lowest BCUT2D eigenvalue weighted by atomic mass is 10.1. The minimum absolute atomic E-state index is 0.140. The van der Waals surface area contributed by atoms with E-state index in [0.29, 0.717) is 18.3 Å². The Morgan fingerprint density at radius 3 is 2.80 bits per heavy atom. The zero-order valence-corrected chi connectivity index (χ0v) is 9.15. The standard InChI is InChI=1S/C11H14N2O2/c1-11(2)7-15-10(13-11)8-4-9(14-3)6-12-5-8/h4-6H,7H2,1-3H3. The summed E-state index contributed by atoms with van der Waals surface area (Å²) in [6.07, 6.45) is 3.38. The Bertz CT molecular complexity index is 399. The van der Waals surface area contributed by atoms with Crippen LogP contribution in [-0.4, -0.2) is 30.1 Å². The fraction of sp³-hybridized carbons (Fsp3) is 0.455. The van der Waals surface area contributed by atoms with Crippen LogP contribution in [0.25, 0.3) is 0 Å². The van der Waals surface area contributed by atoms with Crippen LogP contribution in [0.1, 0.15) is 19.4 Å². The van der Waals surface area contributed by atoms with Gasteiger partial charge in [0.2, 0.25) is 5.90 Å². The third-order valence-corrected chi connectivity index (χ3v) is 2.16. The summed E-state index contributed by atoms with van der Waals surface area (Å²) in [5.74, 6) is 1.36. The number of pyridine rings is 1. The number of hydrogen-bond donors (Lipinski definition) is 0. The molecule has 1 aliphatic rings. The number of rotatable bonds is 2. The summed E-state index contributed by atoms with van der Waals surface area (Å²) in [5, 5.41) is 0. The molecule has 2 rings (SSSR count). The molecular weight excluding hydrogens is 192 g/mol. The molecule has 0 radical (unpaired) electrons. The Morgan fingerprint density at radius 2 is 2.20 bits per heavy atom. The summed E-state index contributed by atoms with van der Waals surface area (Å²) in [6.45, 7) is 4.68. The molecule has 0 saturated carbocycles. The fourth-order valence-corrected chi connectivity index (χ4v) is 1.38. The van der Waals surface area contributed by atoms with Crippen molar-refractivity contribution in [3.63, 3.8) is 0 Å². The van der Waals surface area contributed by atoms with Gasteiger partial charge in [0.25, 0.3) is 0 Å². The summed E-state index contributed by atoms with van der Waals surface area (Å²) in [7, 11) is 1.61. The average molecular weight is 206 g/mol. The first-order valence-corrected chi connectivity index (χ1v) is 4.83. The summed E-state index contributed by atoms with van der Waals surface area (Å²) in [5.41, 5.74) is 0.721. The van der Waals surface area contributed by atoms with Gasteiger partial charge in [0.05, 0.1) is 24.4 Å². The maximum atomic E-state index is 5.51. The number of methoxy groups -OCH3 is 1. The Labute approximate surface area is 89.0 Å². The molecule has 0 spiro atoms. The Balaban J connectivity index is 2.31. The van der Waals surface area contributed by atoms with Crippen molar-refractivity contribution in [2.75, 3.05) is 13.7 Å². The first-order valence-electron chi connectivity index (χ1n) is 4.83. The van der Waals surface area contributed by atoms with Crippen LogP contribution in [-0.2, 0) is 4.74 Å². The van der Waals surface area contributed by atoms with E-state index in [-0.39, 0.29) is 5.54 Å². The van der Waals surface area contributed by atoms with Gasteiger partial charge in [0, 0.05) is 6.20 Å². The molecule has 0 N–H and O–H groups in total. The SMILES string of the molecule is COc1cncc(C2=NC(C)(C)CO2)c1. The van der Waals surface area contributed by atoms with Crippen LogP contribution >= 0.6 is 0 Å². The zero-order valence-electron chi connectivity index (χ0n) is 9.15. The molecule has 4 nitrogen and oxygen atoms in total. The topological polar surface area (TPSA) is 43.7 Å². The monoisotopic (exact) mass is 206 g/mol. The Kier molecular flexibility index (Phi) is 2.34. The van der Waals surface area contributed by atoms with E-state index in [1.54, 1.807) is 19.5 Å². The molecular formula is C11H14N2O2. The molecule has 1 aromatic rings. The first-order chi connectivity index (χ1) is 7.11. The third kappa shape index (κ3) is 2.09. The van der Waals surface area contributed by atoms with Crippen LogP contribution in [0.4, 0.5) is 0 Å². The first kappa shape index (κ1) is 9.96. The van der Waals surface area contributed by atoms with Gasteiger partial charge >= 0.3 is 0 Å². The summed E-state index contributed by atoms with van der Waals surface area (Å²) in [6, 6.07) is 1.87. The molecule has 0 saturated heterocycles. The lowest BCUT2D eigenvalue weighted by molar-refractivity contribution is 0.279. The van der Waals surface area contributed by atoms with E-state index >= 15 is 0 Å². The molecule has 2 heterocycles. The maximum Gasteiger partial charge on any atom is 0.218 e. The zero-order chi connectivity index (χ0) is 10.9. The Morgan fingerprint density at radius 1 is 1.40 bits per heavy atom. The number of nitrogens with zero attached hydrogens (tertiary/aromatic N) is 2. The Hall–Kier alpha value is -1.58. The summed E-state index contributed by atoms with van der Waals surface area (Å²) < 4.78 is 10.6. The molecule has 0 aliphatic carbocycles. The van der Waals surface area contributed by atoms with E-state index in [1.807, 2.05) is 19.9 Å². The lowest BCUT2D eigenvalue weighted by Gasteiger charge is -2.07. The third-order valence-electron chi connectivity index (χ3n) is 2.16. The molecule has 4 heteroatoms. The van der Waals surface area contributed by atoms with E-state index in [0.717, 1.165) is 5.56 Å². The van der Waals surface area contributed by atoms with Gasteiger partial charge in [-0.3, -0.25) is 4.98 Å². The van der Waals surface area contributed by atoms with Crippen molar-refractivity contribution in [2.24, 2.45) is 4.99 Å². The van der Waals surface area contributed by atoms with E-state index < -0.39 is 0 Å². The van der Waals surface area contributed by atoms with Crippen LogP contribution in [0.5, 0.6) is 5.75 Å². The van der Waals surface area contributed by atoms with Crippen molar-refractivity contribution in [1.29, 1.82) is 0 Å². The van der Waals surface area contributed by atoms with E-state index in [9.17, 15) is 0 Å². The van der Waals surface area contributed by atoms with Gasteiger partial charge < -0.3 is 9.47 Å². The van der Waals surface area contributed by atoms with Crippen LogP contribution < -0.4 is 4.74 Å². The van der Waals surface area contributed by atoms with Gasteiger partial charge in [-0.1, -0.05) is 0 Å². The number of hydrogen-bond acceptors (Lipinski definition) is 4. The molecule has 0 amide bonds. The highest BCUT2D eigenvalue weighted by Crippen LogP contribution is 2.21. The van der Waals surface area contributed by atoms with Gasteiger partial charge in [0.1, 0.15) is 12.4 Å². The highest BCUT2D eigenvalue weighted by Gasteiger charge is 2.27. The maximum absolute atomic E-state index is 5.51. The van der Waals surface area contributed by atoms with Gasteiger partial charge in [-0.2, -0.15) is 0 Å². The predicted molar refractivity (Wildman–Crippen MR) is 57.4 cm³/mol. The van der Waals surface area contributed by atoms with Gasteiger partial charge in [-0.15, -0.1) is 0 Å². The number of ether oxygens (including phenoxy) is 2. The van der Waals surface area contributed by atoms with Crippen molar-refractivity contribution in [2.45, 2.75) is 19.4 Å². The normalized spacial score (nSPS) is 18.2. The van der Waals surface area contributed by atoms with Gasteiger partial charge in [-0.25, -0.2) is 4.99 Å². The van der Waals surface area contributed by atoms with Crippen molar-refractivity contribution in [3.8, 4) is 5.75 Å². The number of aromatic nitrogens is 1. The van der Waals surface area contributed by atoms with Gasteiger partial charge in [-0.05, 0) is 19.9 Å². The van der Waals surface area contributed by atoms with Crippen molar-refractivity contribution < 1.29 is 9.47 Å². The minimum Gasteiger partial charge on any atom is -0.495 e. The molecule has 0 atom stereocenters. The van der Waals surface area contributed by atoms with Crippen molar-refractivity contribution >= 4 is 5.90 Å². The van der Waals surface area contributed by atoms with E-state index in [1.165, 1.54) is 0 Å².